The Morgan fingerprint density at radius 2 is 1.60 bits per heavy atom. The summed E-state index contributed by atoms with van der Waals surface area (Å²) in [5.74, 6) is 0. The van der Waals surface area contributed by atoms with Gasteiger partial charge in [-0.25, -0.2) is 0 Å². The third-order valence-corrected chi connectivity index (χ3v) is 4.73. The molecule has 2 unspecified atom stereocenters. The smallest absolute Gasteiger partial charge is 0.0252 e. The van der Waals surface area contributed by atoms with E-state index in [4.69, 9.17) is 0 Å². The monoisotopic (exact) mass is 208 g/mol. The van der Waals surface area contributed by atoms with Crippen molar-refractivity contribution in [3.63, 3.8) is 0 Å². The summed E-state index contributed by atoms with van der Waals surface area (Å²) in [5.41, 5.74) is 0. The molecule has 3 aliphatic rings. The lowest BCUT2D eigenvalue weighted by Gasteiger charge is -2.47. The molecule has 0 spiro atoms. The van der Waals surface area contributed by atoms with Crippen LogP contribution in [-0.2, 0) is 0 Å². The second-order valence-electron chi connectivity index (χ2n) is 5.59. The number of hydrogen-bond acceptors (Lipinski definition) is 2. The molecule has 2 atom stereocenters. The normalized spacial score (nSPS) is 39.2. The van der Waals surface area contributed by atoms with Gasteiger partial charge in [0.15, 0.2) is 0 Å². The van der Waals surface area contributed by atoms with Gasteiger partial charge in [0.05, 0.1) is 0 Å². The quantitative estimate of drug-likeness (QED) is 0.710. The van der Waals surface area contributed by atoms with Gasteiger partial charge < -0.3 is 5.32 Å². The second kappa shape index (κ2) is 4.42. The van der Waals surface area contributed by atoms with E-state index >= 15 is 0 Å². The highest BCUT2D eigenvalue weighted by Gasteiger charge is 2.36. The molecule has 1 heterocycles. The number of nitrogens with one attached hydrogen (secondary N) is 1. The minimum Gasteiger partial charge on any atom is -0.311 e. The fourth-order valence-corrected chi connectivity index (χ4v) is 3.98. The molecule has 0 bridgehead atoms. The number of nitrogens with zero attached hydrogens (tertiary/aromatic N) is 1. The summed E-state index contributed by atoms with van der Waals surface area (Å²) in [6, 6.07) is 2.65. The molecule has 0 radical (unpaired) electrons. The van der Waals surface area contributed by atoms with E-state index in [2.05, 4.69) is 10.2 Å². The molecule has 3 rings (SSSR count). The predicted octanol–water partition coefficient (Wildman–Crippen LogP) is 2.15. The van der Waals surface area contributed by atoms with Crippen LogP contribution in [0.25, 0.3) is 0 Å². The maximum Gasteiger partial charge on any atom is 0.0252 e. The third kappa shape index (κ3) is 1.94. The molecular weight excluding hydrogens is 184 g/mol. The lowest BCUT2D eigenvalue weighted by molar-refractivity contribution is 0.0513. The van der Waals surface area contributed by atoms with Crippen molar-refractivity contribution in [2.24, 2.45) is 0 Å². The Morgan fingerprint density at radius 1 is 0.867 bits per heavy atom. The number of hydrogen-bond donors (Lipinski definition) is 1. The summed E-state index contributed by atoms with van der Waals surface area (Å²) in [4.78, 5) is 2.87. The molecule has 3 fully saturated rings. The first kappa shape index (κ1) is 10.1. The fraction of sp³-hybridized carbons (Fsp3) is 1.00. The van der Waals surface area contributed by atoms with Gasteiger partial charge in [-0.15, -0.1) is 0 Å². The van der Waals surface area contributed by atoms with Crippen LogP contribution in [0, 0.1) is 0 Å². The van der Waals surface area contributed by atoms with E-state index in [-0.39, 0.29) is 0 Å². The molecule has 2 nitrogen and oxygen atoms in total. The topological polar surface area (TPSA) is 15.3 Å². The Morgan fingerprint density at radius 3 is 2.47 bits per heavy atom. The first-order valence-electron chi connectivity index (χ1n) is 6.94. The maximum atomic E-state index is 3.73. The Balaban J connectivity index is 1.69. The molecule has 2 heteroatoms. The van der Waals surface area contributed by atoms with Gasteiger partial charge in [0, 0.05) is 31.2 Å². The molecule has 2 saturated carbocycles. The molecule has 1 saturated heterocycles. The van der Waals surface area contributed by atoms with Crippen LogP contribution < -0.4 is 5.32 Å². The molecule has 0 aromatic heterocycles. The van der Waals surface area contributed by atoms with E-state index in [1.54, 1.807) is 0 Å². The average Bonchev–Trinajstić information content (AvgIpc) is 2.82. The number of fused-ring (bicyclic) bond motifs is 1. The van der Waals surface area contributed by atoms with Crippen LogP contribution in [0.4, 0.5) is 0 Å². The summed E-state index contributed by atoms with van der Waals surface area (Å²) < 4.78 is 0. The van der Waals surface area contributed by atoms with Crippen molar-refractivity contribution in [2.75, 3.05) is 13.1 Å². The van der Waals surface area contributed by atoms with Crippen molar-refractivity contribution in [1.29, 1.82) is 0 Å². The Hall–Kier alpha value is -0.0800. The van der Waals surface area contributed by atoms with Gasteiger partial charge in [-0.05, 0) is 25.7 Å². The zero-order chi connectivity index (χ0) is 10.1. The maximum absolute atomic E-state index is 3.73. The van der Waals surface area contributed by atoms with Crippen molar-refractivity contribution in [3.05, 3.63) is 0 Å². The molecule has 0 amide bonds. The first-order valence-corrected chi connectivity index (χ1v) is 6.94. The molecular formula is C13H24N2. The lowest BCUT2D eigenvalue weighted by atomic mass is 9.86. The lowest BCUT2D eigenvalue weighted by Crippen LogP contribution is -2.61. The summed E-state index contributed by atoms with van der Waals surface area (Å²) >= 11 is 0. The Kier molecular flexibility index (Phi) is 2.98. The summed E-state index contributed by atoms with van der Waals surface area (Å²) in [6.45, 7) is 2.55. The molecule has 1 N–H and O–H groups in total. The van der Waals surface area contributed by atoms with Gasteiger partial charge in [0.1, 0.15) is 0 Å². The number of rotatable bonds is 1. The van der Waals surface area contributed by atoms with Crippen molar-refractivity contribution in [2.45, 2.75) is 69.5 Å². The molecule has 0 aromatic rings. The van der Waals surface area contributed by atoms with Crippen LogP contribution in [0.2, 0.25) is 0 Å². The highest BCUT2D eigenvalue weighted by Crippen LogP contribution is 2.32. The average molecular weight is 208 g/mol. The minimum atomic E-state index is 0.827. The Labute approximate surface area is 93.4 Å². The Bertz CT molecular complexity index is 209. The van der Waals surface area contributed by atoms with Gasteiger partial charge >= 0.3 is 0 Å². The van der Waals surface area contributed by atoms with Crippen molar-refractivity contribution < 1.29 is 0 Å². The van der Waals surface area contributed by atoms with E-state index in [0.29, 0.717) is 0 Å². The van der Waals surface area contributed by atoms with E-state index in [0.717, 1.165) is 18.1 Å². The third-order valence-electron chi connectivity index (χ3n) is 4.73. The molecule has 0 aromatic carbocycles. The standard InChI is InChI=1S/C13H24N2/c1-2-6-11(5-1)15-10-9-14-12-7-3-4-8-13(12)15/h11-14H,1-10H2. The largest absolute Gasteiger partial charge is 0.311 e. The van der Waals surface area contributed by atoms with Crippen LogP contribution in [-0.4, -0.2) is 36.1 Å². The fourth-order valence-electron chi connectivity index (χ4n) is 3.98. The summed E-state index contributed by atoms with van der Waals surface area (Å²) in [7, 11) is 0. The van der Waals surface area contributed by atoms with E-state index in [1.807, 2.05) is 0 Å². The molecule has 15 heavy (non-hydrogen) atoms. The first-order chi connectivity index (χ1) is 7.45. The van der Waals surface area contributed by atoms with E-state index in [1.165, 1.54) is 64.5 Å². The molecule has 2 aliphatic carbocycles. The van der Waals surface area contributed by atoms with Gasteiger partial charge in [0.2, 0.25) is 0 Å². The van der Waals surface area contributed by atoms with Crippen molar-refractivity contribution >= 4 is 0 Å². The summed E-state index contributed by atoms with van der Waals surface area (Å²) in [6.07, 6.45) is 11.7. The van der Waals surface area contributed by atoms with Crippen LogP contribution >= 0.6 is 0 Å². The zero-order valence-electron chi connectivity index (χ0n) is 9.75. The minimum absolute atomic E-state index is 0.827. The van der Waals surface area contributed by atoms with Gasteiger partial charge in [-0.3, -0.25) is 4.90 Å². The van der Waals surface area contributed by atoms with E-state index < -0.39 is 0 Å². The zero-order valence-corrected chi connectivity index (χ0v) is 9.75. The van der Waals surface area contributed by atoms with Gasteiger partial charge in [-0.2, -0.15) is 0 Å². The highest BCUT2D eigenvalue weighted by atomic mass is 15.3. The second-order valence-corrected chi connectivity index (χ2v) is 5.59. The highest BCUT2D eigenvalue weighted by molar-refractivity contribution is 4.95. The van der Waals surface area contributed by atoms with Crippen LogP contribution in [0.15, 0.2) is 0 Å². The van der Waals surface area contributed by atoms with Crippen LogP contribution in [0.3, 0.4) is 0 Å². The van der Waals surface area contributed by atoms with Crippen molar-refractivity contribution in [1.82, 2.24) is 10.2 Å². The predicted molar refractivity (Wildman–Crippen MR) is 63.0 cm³/mol. The molecule has 1 aliphatic heterocycles. The van der Waals surface area contributed by atoms with Gasteiger partial charge in [-0.1, -0.05) is 25.7 Å². The molecule has 86 valence electrons. The SMILES string of the molecule is C1CCC2C(C1)NCCN2C1CCCC1. The van der Waals surface area contributed by atoms with Gasteiger partial charge in [0.25, 0.3) is 0 Å². The van der Waals surface area contributed by atoms with E-state index in [9.17, 15) is 0 Å². The summed E-state index contributed by atoms with van der Waals surface area (Å²) in [5, 5.41) is 3.73. The van der Waals surface area contributed by atoms with Crippen LogP contribution in [0.5, 0.6) is 0 Å². The number of piperazine rings is 1. The van der Waals surface area contributed by atoms with Crippen molar-refractivity contribution in [3.8, 4) is 0 Å². The van der Waals surface area contributed by atoms with Crippen LogP contribution in [0.1, 0.15) is 51.4 Å².